The number of hydrogen-bond donors (Lipinski definition) is 3. The van der Waals surface area contributed by atoms with E-state index >= 15 is 0 Å². The van der Waals surface area contributed by atoms with Gasteiger partial charge in [0.15, 0.2) is 5.75 Å². The number of rotatable bonds is 2. The van der Waals surface area contributed by atoms with Gasteiger partial charge in [-0.2, -0.15) is 0 Å². The average molecular weight is 303 g/mol. The standard InChI is InChI=1S/C18H13N3O2/c22-17-13(11-7-3-1-4-8-11)15-16(20-21-19-15)18(23)14(17)12-9-5-2-6-10-12/h1-10,22-23H,(H,19,20,21). The molecule has 0 amide bonds. The molecule has 0 aliphatic carbocycles. The van der Waals surface area contributed by atoms with Crippen molar-refractivity contribution in [3.05, 3.63) is 60.7 Å². The molecule has 1 aromatic heterocycles. The Hall–Kier alpha value is -3.34. The maximum absolute atomic E-state index is 10.9. The average Bonchev–Trinajstić information content (AvgIpc) is 3.07. The van der Waals surface area contributed by atoms with Gasteiger partial charge in [-0.1, -0.05) is 65.9 Å². The molecule has 0 spiro atoms. The maximum Gasteiger partial charge on any atom is 0.154 e. The second-order valence-corrected chi connectivity index (χ2v) is 5.21. The molecule has 0 bridgehead atoms. The van der Waals surface area contributed by atoms with Gasteiger partial charge in [0.1, 0.15) is 16.8 Å². The highest BCUT2D eigenvalue weighted by molar-refractivity contribution is 6.04. The summed E-state index contributed by atoms with van der Waals surface area (Å²) in [6.07, 6.45) is 0. The van der Waals surface area contributed by atoms with Gasteiger partial charge in [-0.25, -0.2) is 0 Å². The van der Waals surface area contributed by atoms with Crippen molar-refractivity contribution in [3.8, 4) is 33.8 Å². The van der Waals surface area contributed by atoms with Crippen LogP contribution in [0, 0.1) is 0 Å². The zero-order chi connectivity index (χ0) is 15.8. The molecular weight excluding hydrogens is 290 g/mol. The first-order valence-electron chi connectivity index (χ1n) is 7.17. The maximum atomic E-state index is 10.9. The van der Waals surface area contributed by atoms with Crippen molar-refractivity contribution in [2.75, 3.05) is 0 Å². The van der Waals surface area contributed by atoms with Crippen molar-refractivity contribution in [1.29, 1.82) is 0 Å². The molecule has 112 valence electrons. The summed E-state index contributed by atoms with van der Waals surface area (Å²) in [5, 5.41) is 31.9. The van der Waals surface area contributed by atoms with Gasteiger partial charge in [0.25, 0.3) is 0 Å². The number of hydrogen-bond acceptors (Lipinski definition) is 4. The Kier molecular flexibility index (Phi) is 2.98. The van der Waals surface area contributed by atoms with Crippen LogP contribution in [-0.4, -0.2) is 25.6 Å². The van der Waals surface area contributed by atoms with Gasteiger partial charge in [0.05, 0.1) is 11.1 Å². The van der Waals surface area contributed by atoms with E-state index in [1.54, 1.807) is 0 Å². The van der Waals surface area contributed by atoms with E-state index in [2.05, 4.69) is 15.4 Å². The predicted octanol–water partition coefficient (Wildman–Crippen LogP) is 3.70. The number of fused-ring (bicyclic) bond motifs is 1. The molecule has 3 aromatic carbocycles. The Balaban J connectivity index is 2.13. The zero-order valence-electron chi connectivity index (χ0n) is 12.1. The van der Waals surface area contributed by atoms with Crippen LogP contribution in [0.15, 0.2) is 60.7 Å². The fourth-order valence-corrected chi connectivity index (χ4v) is 2.80. The lowest BCUT2D eigenvalue weighted by atomic mass is 9.95. The monoisotopic (exact) mass is 303 g/mol. The first kappa shape index (κ1) is 13.3. The molecule has 0 saturated carbocycles. The minimum absolute atomic E-state index is 0.0127. The Morgan fingerprint density at radius 1 is 0.696 bits per heavy atom. The molecule has 3 N–H and O–H groups in total. The number of nitrogens with one attached hydrogen (secondary N) is 1. The molecule has 0 aliphatic rings. The number of benzene rings is 3. The van der Waals surface area contributed by atoms with Crippen LogP contribution in [0.1, 0.15) is 0 Å². The number of H-pyrrole nitrogens is 1. The highest BCUT2D eigenvalue weighted by Gasteiger charge is 2.23. The second-order valence-electron chi connectivity index (χ2n) is 5.21. The number of nitrogens with zero attached hydrogens (tertiary/aromatic N) is 2. The van der Waals surface area contributed by atoms with Gasteiger partial charge in [0, 0.05) is 0 Å². The number of aromatic nitrogens is 3. The lowest BCUT2D eigenvalue weighted by molar-refractivity contribution is 0.459. The normalized spacial score (nSPS) is 11.0. The van der Waals surface area contributed by atoms with Crippen LogP contribution in [0.2, 0.25) is 0 Å². The van der Waals surface area contributed by atoms with Crippen molar-refractivity contribution in [1.82, 2.24) is 15.4 Å². The Morgan fingerprint density at radius 2 is 1.26 bits per heavy atom. The summed E-state index contributed by atoms with van der Waals surface area (Å²) in [5.74, 6) is -0.0744. The van der Waals surface area contributed by atoms with E-state index in [1.807, 2.05) is 60.7 Å². The predicted molar refractivity (Wildman–Crippen MR) is 88.1 cm³/mol. The van der Waals surface area contributed by atoms with Crippen molar-refractivity contribution in [2.45, 2.75) is 0 Å². The minimum atomic E-state index is -0.0617. The lowest BCUT2D eigenvalue weighted by Gasteiger charge is -2.13. The molecule has 5 nitrogen and oxygen atoms in total. The van der Waals surface area contributed by atoms with E-state index in [9.17, 15) is 10.2 Å². The third-order valence-corrected chi connectivity index (χ3v) is 3.86. The van der Waals surface area contributed by atoms with Crippen LogP contribution in [0.3, 0.4) is 0 Å². The highest BCUT2D eigenvalue weighted by atomic mass is 16.3. The Morgan fingerprint density at radius 3 is 1.87 bits per heavy atom. The largest absolute Gasteiger partial charge is 0.506 e. The summed E-state index contributed by atoms with van der Waals surface area (Å²) >= 11 is 0. The first-order valence-corrected chi connectivity index (χ1v) is 7.17. The molecule has 0 radical (unpaired) electrons. The topological polar surface area (TPSA) is 82.0 Å². The number of aromatic amines is 1. The van der Waals surface area contributed by atoms with Gasteiger partial charge < -0.3 is 10.2 Å². The molecule has 4 rings (SSSR count). The van der Waals surface area contributed by atoms with Crippen LogP contribution in [0.5, 0.6) is 11.5 Å². The lowest BCUT2D eigenvalue weighted by Crippen LogP contribution is -1.89. The van der Waals surface area contributed by atoms with E-state index < -0.39 is 0 Å². The molecular formula is C18H13N3O2. The number of phenolic OH excluding ortho intramolecular Hbond substituents is 2. The van der Waals surface area contributed by atoms with E-state index in [4.69, 9.17) is 0 Å². The summed E-state index contributed by atoms with van der Waals surface area (Å²) in [5.41, 5.74) is 3.28. The quantitative estimate of drug-likeness (QED) is 0.527. The molecule has 0 unspecified atom stereocenters. The number of aromatic hydroxyl groups is 2. The van der Waals surface area contributed by atoms with E-state index in [1.165, 1.54) is 0 Å². The van der Waals surface area contributed by atoms with Gasteiger partial charge in [0.2, 0.25) is 0 Å². The summed E-state index contributed by atoms with van der Waals surface area (Å²) in [4.78, 5) is 0. The van der Waals surface area contributed by atoms with Crippen LogP contribution in [-0.2, 0) is 0 Å². The third kappa shape index (κ3) is 2.02. The second kappa shape index (κ2) is 5.14. The van der Waals surface area contributed by atoms with E-state index in [0.717, 1.165) is 11.1 Å². The smallest absolute Gasteiger partial charge is 0.154 e. The summed E-state index contributed by atoms with van der Waals surface area (Å²) in [6.45, 7) is 0. The molecule has 0 atom stereocenters. The van der Waals surface area contributed by atoms with E-state index in [0.29, 0.717) is 22.2 Å². The van der Waals surface area contributed by atoms with Crippen LogP contribution in [0.4, 0.5) is 0 Å². The van der Waals surface area contributed by atoms with Gasteiger partial charge >= 0.3 is 0 Å². The molecule has 0 saturated heterocycles. The summed E-state index contributed by atoms with van der Waals surface area (Å²) < 4.78 is 0. The fraction of sp³-hybridized carbons (Fsp3) is 0. The minimum Gasteiger partial charge on any atom is -0.506 e. The van der Waals surface area contributed by atoms with Crippen molar-refractivity contribution in [3.63, 3.8) is 0 Å². The van der Waals surface area contributed by atoms with Crippen molar-refractivity contribution >= 4 is 11.0 Å². The van der Waals surface area contributed by atoms with Crippen LogP contribution in [0.25, 0.3) is 33.3 Å². The highest BCUT2D eigenvalue weighted by Crippen LogP contribution is 2.48. The number of phenols is 2. The first-order chi connectivity index (χ1) is 11.3. The molecule has 0 fully saturated rings. The summed E-state index contributed by atoms with van der Waals surface area (Å²) in [7, 11) is 0. The van der Waals surface area contributed by atoms with Gasteiger partial charge in [-0.3, -0.25) is 5.10 Å². The van der Waals surface area contributed by atoms with Crippen molar-refractivity contribution in [2.24, 2.45) is 0 Å². The fourth-order valence-electron chi connectivity index (χ4n) is 2.80. The molecule has 23 heavy (non-hydrogen) atoms. The summed E-state index contributed by atoms with van der Waals surface area (Å²) in [6, 6.07) is 18.7. The van der Waals surface area contributed by atoms with Crippen LogP contribution < -0.4 is 0 Å². The molecule has 0 aliphatic heterocycles. The third-order valence-electron chi connectivity index (χ3n) is 3.86. The molecule has 5 heteroatoms. The van der Waals surface area contributed by atoms with Crippen LogP contribution >= 0.6 is 0 Å². The molecule has 4 aromatic rings. The Bertz CT molecular complexity index is 980. The van der Waals surface area contributed by atoms with Crippen molar-refractivity contribution < 1.29 is 10.2 Å². The zero-order valence-corrected chi connectivity index (χ0v) is 12.1. The molecule has 1 heterocycles. The van der Waals surface area contributed by atoms with E-state index in [-0.39, 0.29) is 11.5 Å². The SMILES string of the molecule is Oc1c(-c2ccccc2)c(O)c2[nH]nnc2c1-c1ccccc1. The Labute approximate surface area is 131 Å². The van der Waals surface area contributed by atoms with Gasteiger partial charge in [-0.15, -0.1) is 5.10 Å². The van der Waals surface area contributed by atoms with Gasteiger partial charge in [-0.05, 0) is 11.1 Å².